The van der Waals surface area contributed by atoms with E-state index >= 15 is 0 Å². The Balaban J connectivity index is 2.15. The lowest BCUT2D eigenvalue weighted by Crippen LogP contribution is -2.14. The fourth-order valence-corrected chi connectivity index (χ4v) is 0.817. The lowest BCUT2D eigenvalue weighted by Gasteiger charge is -2.06. The van der Waals surface area contributed by atoms with Crippen molar-refractivity contribution in [3.63, 3.8) is 0 Å². The molecule has 9 heavy (non-hydrogen) atoms. The van der Waals surface area contributed by atoms with E-state index in [1.165, 1.54) is 6.26 Å². The zero-order valence-corrected chi connectivity index (χ0v) is 4.70. The first-order valence-electron chi connectivity index (χ1n) is 2.76. The largest absolute Gasteiger partial charge is 0.487 e. The van der Waals surface area contributed by atoms with E-state index in [-0.39, 0.29) is 12.7 Å². The fourth-order valence-electron chi connectivity index (χ4n) is 0.817. The molecule has 0 fully saturated rings. The second-order valence-corrected chi connectivity index (χ2v) is 1.94. The first-order chi connectivity index (χ1) is 4.42. The Morgan fingerprint density at radius 2 is 2.56 bits per heavy atom. The van der Waals surface area contributed by atoms with Crippen LogP contribution in [-0.2, 0) is 9.47 Å². The van der Waals surface area contributed by atoms with Gasteiger partial charge in [-0.3, -0.25) is 0 Å². The number of rotatable bonds is 1. The molecule has 0 saturated carbocycles. The van der Waals surface area contributed by atoms with E-state index in [0.717, 1.165) is 11.5 Å². The topological polar surface area (TPSA) is 42.0 Å². The number of allylic oxidation sites excluding steroid dienone is 1. The number of ether oxygens (including phenoxy) is 2. The standard InChI is InChI=1S/C6H6O3/c7-3-5-6-4(9-6)1-2-8-5/h1-2,5,7H,3H2. The average Bonchev–Trinajstić information content (AvgIpc) is 2.64. The Kier molecular flexibility index (Phi) is 0.818. The summed E-state index contributed by atoms with van der Waals surface area (Å²) in [4.78, 5) is 0. The summed E-state index contributed by atoms with van der Waals surface area (Å²) in [5, 5.41) is 8.62. The van der Waals surface area contributed by atoms with Crippen molar-refractivity contribution in [3.05, 3.63) is 23.9 Å². The highest BCUT2D eigenvalue weighted by atomic mass is 16.6. The molecule has 48 valence electrons. The van der Waals surface area contributed by atoms with Gasteiger partial charge in [0, 0.05) is 6.08 Å². The summed E-state index contributed by atoms with van der Waals surface area (Å²) < 4.78 is 9.91. The highest BCUT2D eigenvalue weighted by Crippen LogP contribution is 2.34. The molecule has 0 aromatic heterocycles. The molecule has 1 N–H and O–H groups in total. The van der Waals surface area contributed by atoms with Gasteiger partial charge < -0.3 is 14.6 Å². The number of hydrogen-bond acceptors (Lipinski definition) is 3. The van der Waals surface area contributed by atoms with E-state index in [1.54, 1.807) is 6.08 Å². The average molecular weight is 126 g/mol. The van der Waals surface area contributed by atoms with Crippen LogP contribution in [0.15, 0.2) is 23.9 Å². The third kappa shape index (κ3) is 0.616. The Morgan fingerprint density at radius 3 is 3.22 bits per heavy atom. The van der Waals surface area contributed by atoms with Crippen molar-refractivity contribution in [2.24, 2.45) is 0 Å². The summed E-state index contributed by atoms with van der Waals surface area (Å²) in [6, 6.07) is 0. The zero-order chi connectivity index (χ0) is 6.27. The van der Waals surface area contributed by atoms with Gasteiger partial charge >= 0.3 is 0 Å². The molecule has 2 rings (SSSR count). The highest BCUT2D eigenvalue weighted by Gasteiger charge is 2.34. The first kappa shape index (κ1) is 4.88. The van der Waals surface area contributed by atoms with Crippen LogP contribution in [0.3, 0.4) is 0 Å². The maximum Gasteiger partial charge on any atom is 0.190 e. The summed E-state index contributed by atoms with van der Waals surface area (Å²) in [5.41, 5.74) is 0. The van der Waals surface area contributed by atoms with Crippen molar-refractivity contribution in [1.82, 2.24) is 0 Å². The van der Waals surface area contributed by atoms with Gasteiger partial charge in [0.25, 0.3) is 0 Å². The smallest absolute Gasteiger partial charge is 0.190 e. The molecular weight excluding hydrogens is 120 g/mol. The molecule has 2 heterocycles. The molecule has 1 atom stereocenters. The summed E-state index contributed by atoms with van der Waals surface area (Å²) in [5.74, 6) is 1.63. The molecule has 0 radical (unpaired) electrons. The molecule has 0 aromatic rings. The maximum absolute atomic E-state index is 8.62. The molecule has 0 aromatic carbocycles. The van der Waals surface area contributed by atoms with Gasteiger partial charge in [-0.2, -0.15) is 0 Å². The minimum Gasteiger partial charge on any atom is -0.487 e. The van der Waals surface area contributed by atoms with E-state index < -0.39 is 0 Å². The van der Waals surface area contributed by atoms with Crippen molar-refractivity contribution < 1.29 is 14.6 Å². The monoisotopic (exact) mass is 126 g/mol. The fraction of sp³-hybridized carbons (Fsp3) is 0.333. The third-order valence-corrected chi connectivity index (χ3v) is 1.34. The van der Waals surface area contributed by atoms with Crippen LogP contribution in [0.4, 0.5) is 0 Å². The Morgan fingerprint density at radius 1 is 1.67 bits per heavy atom. The van der Waals surface area contributed by atoms with Crippen LogP contribution >= 0.6 is 0 Å². The number of hydrogen-bond donors (Lipinski definition) is 1. The van der Waals surface area contributed by atoms with Crippen LogP contribution < -0.4 is 0 Å². The second kappa shape index (κ2) is 1.51. The summed E-state index contributed by atoms with van der Waals surface area (Å²) in [6.07, 6.45) is 3.03. The molecular formula is C6H6O3. The van der Waals surface area contributed by atoms with Crippen LogP contribution in [0.1, 0.15) is 0 Å². The van der Waals surface area contributed by atoms with Crippen molar-refractivity contribution >= 4 is 0 Å². The van der Waals surface area contributed by atoms with Crippen LogP contribution in [0.25, 0.3) is 0 Å². The molecule has 3 nitrogen and oxygen atoms in total. The van der Waals surface area contributed by atoms with Gasteiger partial charge in [-0.1, -0.05) is 0 Å². The van der Waals surface area contributed by atoms with Gasteiger partial charge in [-0.25, -0.2) is 0 Å². The van der Waals surface area contributed by atoms with Crippen molar-refractivity contribution in [3.8, 4) is 0 Å². The van der Waals surface area contributed by atoms with Gasteiger partial charge in [0.15, 0.2) is 17.6 Å². The van der Waals surface area contributed by atoms with Crippen LogP contribution in [0.5, 0.6) is 0 Å². The Labute approximate surface area is 52.2 Å². The number of aliphatic hydroxyl groups is 1. The minimum absolute atomic E-state index is 0.0107. The molecule has 0 aliphatic carbocycles. The molecule has 0 bridgehead atoms. The number of aliphatic hydroxyl groups excluding tert-OH is 1. The van der Waals surface area contributed by atoms with E-state index in [2.05, 4.69) is 0 Å². The minimum atomic E-state index is -0.245. The quantitative estimate of drug-likeness (QED) is 0.543. The highest BCUT2D eigenvalue weighted by molar-refractivity contribution is 5.33. The van der Waals surface area contributed by atoms with E-state index in [1.807, 2.05) is 0 Å². The lowest BCUT2D eigenvalue weighted by atomic mass is 10.3. The third-order valence-electron chi connectivity index (χ3n) is 1.34. The van der Waals surface area contributed by atoms with Gasteiger partial charge in [0.1, 0.15) is 0 Å². The van der Waals surface area contributed by atoms with Gasteiger partial charge in [-0.05, 0) is 0 Å². The maximum atomic E-state index is 8.62. The van der Waals surface area contributed by atoms with Crippen molar-refractivity contribution in [1.29, 1.82) is 0 Å². The first-order valence-corrected chi connectivity index (χ1v) is 2.76. The second-order valence-electron chi connectivity index (χ2n) is 1.94. The van der Waals surface area contributed by atoms with Crippen molar-refractivity contribution in [2.45, 2.75) is 6.10 Å². The molecule has 0 saturated heterocycles. The summed E-state index contributed by atoms with van der Waals surface area (Å²) in [6.45, 7) is -0.0107. The predicted octanol–water partition coefficient (Wildman–Crippen LogP) is 0.133. The SMILES string of the molecule is OCC1OC=CC2=C1O2. The van der Waals surface area contributed by atoms with E-state index in [0.29, 0.717) is 0 Å². The normalized spacial score (nSPS) is 28.8. The van der Waals surface area contributed by atoms with Gasteiger partial charge in [-0.15, -0.1) is 0 Å². The van der Waals surface area contributed by atoms with Gasteiger partial charge in [0.05, 0.1) is 12.9 Å². The van der Waals surface area contributed by atoms with Gasteiger partial charge in [0.2, 0.25) is 0 Å². The van der Waals surface area contributed by atoms with Crippen molar-refractivity contribution in [2.75, 3.05) is 6.61 Å². The summed E-state index contributed by atoms with van der Waals surface area (Å²) in [7, 11) is 0. The molecule has 3 heteroatoms. The molecule has 1 unspecified atom stereocenters. The van der Waals surface area contributed by atoms with Crippen LogP contribution in [0.2, 0.25) is 0 Å². The molecule has 2 aliphatic rings. The Bertz CT molecular complexity index is 192. The molecule has 0 spiro atoms. The molecule has 2 aliphatic heterocycles. The van der Waals surface area contributed by atoms with Crippen LogP contribution in [-0.4, -0.2) is 17.8 Å². The van der Waals surface area contributed by atoms with Crippen LogP contribution in [0, 0.1) is 0 Å². The predicted molar refractivity (Wildman–Crippen MR) is 29.2 cm³/mol. The zero-order valence-electron chi connectivity index (χ0n) is 4.70. The van der Waals surface area contributed by atoms with E-state index in [9.17, 15) is 0 Å². The molecule has 0 amide bonds. The Hall–Kier alpha value is -0.960. The summed E-state index contributed by atoms with van der Waals surface area (Å²) >= 11 is 0. The van der Waals surface area contributed by atoms with E-state index in [4.69, 9.17) is 14.6 Å². The lowest BCUT2D eigenvalue weighted by molar-refractivity contribution is 0.0921.